The number of nitrogens with one attached hydrogen (secondary N) is 1. The lowest BCUT2D eigenvalue weighted by molar-refractivity contribution is -0.890. The van der Waals surface area contributed by atoms with Gasteiger partial charge in [-0.1, -0.05) is 35.6 Å². The molecule has 0 saturated carbocycles. The van der Waals surface area contributed by atoms with Gasteiger partial charge in [0.1, 0.15) is 0 Å². The molecule has 0 fully saturated rings. The van der Waals surface area contributed by atoms with Crippen molar-refractivity contribution in [2.45, 2.75) is 54.9 Å². The highest BCUT2D eigenvalue weighted by Crippen LogP contribution is 2.19. The first-order valence-corrected chi connectivity index (χ1v) is 9.01. The quantitative estimate of drug-likeness (QED) is 0.370. The van der Waals surface area contributed by atoms with Crippen molar-refractivity contribution in [2.75, 3.05) is 39.5 Å². The predicted molar refractivity (Wildman–Crippen MR) is 96.2 cm³/mol. The molecule has 0 unspecified atom stereocenters. The second-order valence-electron chi connectivity index (χ2n) is 6.85. The molecule has 0 bridgehead atoms. The monoisotopic (exact) mass is 354 g/mol. The molecule has 0 aromatic rings. The molecule has 0 aliphatic rings. The molecule has 0 heterocycles. The number of rotatable bonds is 10. The molecule has 23 heavy (non-hydrogen) atoms. The van der Waals surface area contributed by atoms with E-state index in [1.54, 1.807) is 0 Å². The van der Waals surface area contributed by atoms with Gasteiger partial charge in [0.25, 0.3) is 0 Å². The summed E-state index contributed by atoms with van der Waals surface area (Å²) in [4.78, 5) is 11.9. The number of nitrogens with zero attached hydrogens (tertiary/aromatic N) is 1. The van der Waals surface area contributed by atoms with Crippen LogP contribution in [0.5, 0.6) is 0 Å². The fourth-order valence-electron chi connectivity index (χ4n) is 1.89. The molecule has 0 radical (unpaired) electrons. The van der Waals surface area contributed by atoms with Gasteiger partial charge in [0, 0.05) is 30.6 Å². The van der Waals surface area contributed by atoms with Gasteiger partial charge in [0.05, 0.1) is 37.3 Å². The van der Waals surface area contributed by atoms with Gasteiger partial charge in [-0.3, -0.25) is 4.79 Å². The van der Waals surface area contributed by atoms with Crippen molar-refractivity contribution in [2.24, 2.45) is 5.41 Å². The Morgan fingerprint density at radius 2 is 1.61 bits per heavy atom. The Balaban J connectivity index is -0.00000200. The largest absolute Gasteiger partial charge is 0.748 e. The number of carbonyl (C=O) groups excluding carboxylic acids is 1. The maximum atomic E-state index is 11.9. The summed E-state index contributed by atoms with van der Waals surface area (Å²) in [6, 6.07) is 0. The fraction of sp³-hybridized carbons (Fsp3) is 0.938. The van der Waals surface area contributed by atoms with Crippen LogP contribution in [0.15, 0.2) is 0 Å². The zero-order chi connectivity index (χ0) is 16.7. The Bertz CT molecular complexity index is 431. The van der Waals surface area contributed by atoms with Gasteiger partial charge in [-0.15, -0.1) is 0 Å². The summed E-state index contributed by atoms with van der Waals surface area (Å²) in [5, 5.41) is 2.93. The average Bonchev–Trinajstić information content (AvgIpc) is 2.32. The van der Waals surface area contributed by atoms with Crippen LogP contribution in [0.1, 0.15) is 54.9 Å². The number of quaternary nitrogens is 1. The molecular formula is C16H38N2O4S. The molecule has 6 nitrogen and oxygen atoms in total. The van der Waals surface area contributed by atoms with E-state index in [-0.39, 0.29) is 31.9 Å². The van der Waals surface area contributed by atoms with E-state index in [9.17, 15) is 17.8 Å². The number of hydrogen-bond donors (Lipinski definition) is 1. The first-order chi connectivity index (χ1) is 9.40. The van der Waals surface area contributed by atoms with E-state index >= 15 is 0 Å². The Labute approximate surface area is 144 Å². The Morgan fingerprint density at radius 3 is 2.04 bits per heavy atom. The first-order valence-electron chi connectivity index (χ1n) is 7.43. The van der Waals surface area contributed by atoms with Gasteiger partial charge in [-0.05, 0) is 6.42 Å². The molecule has 0 aliphatic heterocycles. The third-order valence-electron chi connectivity index (χ3n) is 3.88. The second kappa shape index (κ2) is 11.0. The van der Waals surface area contributed by atoms with E-state index in [0.717, 1.165) is 19.4 Å². The molecule has 1 amide bonds. The van der Waals surface area contributed by atoms with Crippen molar-refractivity contribution in [3.05, 3.63) is 0 Å². The van der Waals surface area contributed by atoms with Crippen LogP contribution >= 0.6 is 0 Å². The molecule has 142 valence electrons. The minimum absolute atomic E-state index is 0. The molecule has 0 saturated heterocycles. The van der Waals surface area contributed by atoms with Crippen LogP contribution in [-0.2, 0) is 14.9 Å². The van der Waals surface area contributed by atoms with Gasteiger partial charge in [0.15, 0.2) is 0 Å². The maximum Gasteiger partial charge on any atom is 0.225 e. The van der Waals surface area contributed by atoms with Crippen molar-refractivity contribution in [1.29, 1.82) is 0 Å². The van der Waals surface area contributed by atoms with Gasteiger partial charge in [-0.25, -0.2) is 8.42 Å². The second-order valence-corrected chi connectivity index (χ2v) is 8.37. The zero-order valence-electron chi connectivity index (χ0n) is 13.9. The molecule has 1 N–H and O–H groups in total. The van der Waals surface area contributed by atoms with Gasteiger partial charge in [-0.2, -0.15) is 0 Å². The summed E-state index contributed by atoms with van der Waals surface area (Å²) in [6.07, 6.45) is 1.99. The molecule has 0 aromatic heterocycles. The van der Waals surface area contributed by atoms with Crippen LogP contribution in [0.3, 0.4) is 0 Å². The van der Waals surface area contributed by atoms with Crippen LogP contribution in [0.2, 0.25) is 0 Å². The van der Waals surface area contributed by atoms with Gasteiger partial charge in [0.2, 0.25) is 5.91 Å². The number of hydrogen-bond acceptors (Lipinski definition) is 4. The highest BCUT2D eigenvalue weighted by Gasteiger charge is 2.24. The van der Waals surface area contributed by atoms with Crippen molar-refractivity contribution < 1.29 is 22.2 Å². The van der Waals surface area contributed by atoms with Gasteiger partial charge < -0.3 is 14.4 Å². The summed E-state index contributed by atoms with van der Waals surface area (Å²) in [5.74, 6) is -0.247. The smallest absolute Gasteiger partial charge is 0.225 e. The first kappa shape index (κ1) is 27.2. The zero-order valence-corrected chi connectivity index (χ0v) is 14.8. The SMILES string of the molecule is C.C.CCC(C)(C)C(=O)NCCC[N+](C)(C)CCCS(=O)(=O)[O-]. The normalized spacial score (nSPS) is 12.1. The summed E-state index contributed by atoms with van der Waals surface area (Å²) in [5.41, 5.74) is -0.340. The lowest BCUT2D eigenvalue weighted by atomic mass is 9.89. The highest BCUT2D eigenvalue weighted by atomic mass is 32.2. The summed E-state index contributed by atoms with van der Waals surface area (Å²) in [6.45, 7) is 7.91. The van der Waals surface area contributed by atoms with E-state index in [0.29, 0.717) is 24.0 Å². The van der Waals surface area contributed by atoms with Crippen molar-refractivity contribution >= 4 is 16.0 Å². The standard InChI is InChI=1S/C14H30N2O4S.2CH4/c1-6-14(2,3)13(17)15-9-7-10-16(4,5)11-8-12-21(18,19)20;;/h6-12H2,1-5H3,(H-,15,17,18,19,20);2*1H4. The lowest BCUT2D eigenvalue weighted by Gasteiger charge is -2.30. The van der Waals surface area contributed by atoms with Crippen molar-refractivity contribution in [1.82, 2.24) is 5.32 Å². The van der Waals surface area contributed by atoms with Crippen LogP contribution in [-0.4, -0.2) is 62.8 Å². The molecule has 0 atom stereocenters. The number of carbonyl (C=O) groups is 1. The van der Waals surface area contributed by atoms with Crippen LogP contribution < -0.4 is 5.32 Å². The van der Waals surface area contributed by atoms with Crippen LogP contribution in [0, 0.1) is 5.41 Å². The van der Waals surface area contributed by atoms with Crippen LogP contribution in [0.25, 0.3) is 0 Å². The van der Waals surface area contributed by atoms with E-state index in [1.807, 2.05) is 34.9 Å². The number of amides is 1. The lowest BCUT2D eigenvalue weighted by Crippen LogP contribution is -2.44. The molecule has 0 spiro atoms. The molecular weight excluding hydrogens is 316 g/mol. The fourth-order valence-corrected chi connectivity index (χ4v) is 2.37. The third-order valence-corrected chi connectivity index (χ3v) is 4.67. The van der Waals surface area contributed by atoms with E-state index in [2.05, 4.69) is 5.32 Å². The minimum atomic E-state index is -4.12. The van der Waals surface area contributed by atoms with E-state index in [1.165, 1.54) is 0 Å². The molecule has 0 rings (SSSR count). The maximum absolute atomic E-state index is 11.9. The summed E-state index contributed by atoms with van der Waals surface area (Å²) in [7, 11) is -0.129. The van der Waals surface area contributed by atoms with Crippen molar-refractivity contribution in [3.8, 4) is 0 Å². The molecule has 0 aromatic carbocycles. The van der Waals surface area contributed by atoms with Crippen molar-refractivity contribution in [3.63, 3.8) is 0 Å². The molecule has 7 heteroatoms. The highest BCUT2D eigenvalue weighted by molar-refractivity contribution is 7.85. The Kier molecular flexibility index (Phi) is 13.0. The van der Waals surface area contributed by atoms with Gasteiger partial charge >= 0.3 is 0 Å². The summed E-state index contributed by atoms with van der Waals surface area (Å²) < 4.78 is 32.3. The minimum Gasteiger partial charge on any atom is -0.748 e. The van der Waals surface area contributed by atoms with Crippen LogP contribution in [0.4, 0.5) is 0 Å². The molecule has 0 aliphatic carbocycles. The van der Waals surface area contributed by atoms with E-state index in [4.69, 9.17) is 0 Å². The Morgan fingerprint density at radius 1 is 1.13 bits per heavy atom. The summed E-state index contributed by atoms with van der Waals surface area (Å²) >= 11 is 0. The van der Waals surface area contributed by atoms with E-state index < -0.39 is 10.1 Å². The predicted octanol–water partition coefficient (Wildman–Crippen LogP) is 2.21. The average molecular weight is 355 g/mol. The topological polar surface area (TPSA) is 86.3 Å². The Hall–Kier alpha value is -0.660. The third kappa shape index (κ3) is 13.5.